The average Bonchev–Trinajstić information content (AvgIpc) is 3.10. The van der Waals surface area contributed by atoms with Crippen molar-refractivity contribution in [3.05, 3.63) is 29.6 Å². The SMILES string of the molecule is COc1cccc(Cc2nc3c(N)nc(NC4CCC(N)CC4)nc3n2C(C)C)c1N. The molecule has 3 aromatic rings. The number of methoxy groups -OCH3 is 1. The van der Waals surface area contributed by atoms with Gasteiger partial charge in [0.1, 0.15) is 11.6 Å². The minimum Gasteiger partial charge on any atom is -0.495 e. The summed E-state index contributed by atoms with van der Waals surface area (Å²) in [6.45, 7) is 4.21. The first-order valence-corrected chi connectivity index (χ1v) is 10.8. The number of nitrogens with two attached hydrogens (primary N) is 3. The van der Waals surface area contributed by atoms with Crippen LogP contribution in [0.1, 0.15) is 57.0 Å². The summed E-state index contributed by atoms with van der Waals surface area (Å²) in [5.41, 5.74) is 21.5. The Morgan fingerprint density at radius 2 is 1.87 bits per heavy atom. The second kappa shape index (κ2) is 8.58. The Hall–Kier alpha value is -3.07. The standard InChI is InChI=1S/C22H32N8O/c1-12(2)30-17(11-13-5-4-6-16(31-3)18(13)24)27-19-20(25)28-22(29-21(19)30)26-15-9-7-14(23)8-10-15/h4-6,12,14-15H,7-11,23-24H2,1-3H3,(H3,25,26,28,29). The number of nitrogens with one attached hydrogen (secondary N) is 1. The van der Waals surface area contributed by atoms with Gasteiger partial charge in [0.15, 0.2) is 17.0 Å². The number of hydrogen-bond donors (Lipinski definition) is 4. The number of rotatable bonds is 6. The fourth-order valence-electron chi connectivity index (χ4n) is 4.31. The van der Waals surface area contributed by atoms with Crippen molar-refractivity contribution < 1.29 is 4.74 Å². The predicted molar refractivity (Wildman–Crippen MR) is 124 cm³/mol. The highest BCUT2D eigenvalue weighted by molar-refractivity contribution is 5.83. The van der Waals surface area contributed by atoms with Crippen LogP contribution in [0.2, 0.25) is 0 Å². The van der Waals surface area contributed by atoms with Gasteiger partial charge in [-0.3, -0.25) is 0 Å². The number of fused-ring (bicyclic) bond motifs is 1. The number of ether oxygens (including phenoxy) is 1. The molecule has 0 bridgehead atoms. The van der Waals surface area contributed by atoms with Crippen LogP contribution in [-0.4, -0.2) is 38.7 Å². The van der Waals surface area contributed by atoms with Crippen LogP contribution in [0.3, 0.4) is 0 Å². The van der Waals surface area contributed by atoms with E-state index in [-0.39, 0.29) is 6.04 Å². The Morgan fingerprint density at radius 3 is 2.55 bits per heavy atom. The third-order valence-corrected chi connectivity index (χ3v) is 5.99. The number of benzene rings is 1. The third kappa shape index (κ3) is 4.23. The number of nitrogens with zero attached hydrogens (tertiary/aromatic N) is 4. The molecule has 9 heteroatoms. The van der Waals surface area contributed by atoms with E-state index in [1.54, 1.807) is 7.11 Å². The maximum Gasteiger partial charge on any atom is 0.226 e. The lowest BCUT2D eigenvalue weighted by atomic mass is 9.92. The zero-order chi connectivity index (χ0) is 22.1. The summed E-state index contributed by atoms with van der Waals surface area (Å²) in [5.74, 6) is 2.41. The highest BCUT2D eigenvalue weighted by Crippen LogP contribution is 2.30. The van der Waals surface area contributed by atoms with Gasteiger partial charge in [-0.05, 0) is 51.2 Å². The molecule has 4 rings (SSSR count). The summed E-state index contributed by atoms with van der Waals surface area (Å²) in [6.07, 6.45) is 4.57. The van der Waals surface area contributed by atoms with Crippen molar-refractivity contribution in [1.29, 1.82) is 0 Å². The van der Waals surface area contributed by atoms with Crippen LogP contribution in [-0.2, 0) is 6.42 Å². The van der Waals surface area contributed by atoms with Gasteiger partial charge in [0, 0.05) is 24.5 Å². The molecule has 9 nitrogen and oxygen atoms in total. The molecule has 1 aromatic carbocycles. The van der Waals surface area contributed by atoms with E-state index in [0.29, 0.717) is 47.2 Å². The monoisotopic (exact) mass is 424 g/mol. The van der Waals surface area contributed by atoms with Gasteiger partial charge in [-0.1, -0.05) is 12.1 Å². The van der Waals surface area contributed by atoms with Crippen molar-refractivity contribution in [2.24, 2.45) is 5.73 Å². The first kappa shape index (κ1) is 21.2. The Balaban J connectivity index is 1.70. The molecule has 0 atom stereocenters. The van der Waals surface area contributed by atoms with Crippen LogP contribution in [0.5, 0.6) is 5.75 Å². The van der Waals surface area contributed by atoms with Gasteiger partial charge in [0.05, 0.1) is 12.8 Å². The van der Waals surface area contributed by atoms with E-state index in [0.717, 1.165) is 42.7 Å². The summed E-state index contributed by atoms with van der Waals surface area (Å²) in [6, 6.07) is 6.51. The molecular formula is C22H32N8O. The van der Waals surface area contributed by atoms with Gasteiger partial charge >= 0.3 is 0 Å². The highest BCUT2D eigenvalue weighted by Gasteiger charge is 2.22. The van der Waals surface area contributed by atoms with E-state index in [9.17, 15) is 0 Å². The Bertz CT molecular complexity index is 1070. The Labute approximate surface area is 182 Å². The van der Waals surface area contributed by atoms with Gasteiger partial charge in [-0.15, -0.1) is 0 Å². The molecule has 1 saturated carbocycles. The van der Waals surface area contributed by atoms with Crippen molar-refractivity contribution in [2.75, 3.05) is 23.9 Å². The van der Waals surface area contributed by atoms with Crippen LogP contribution in [0.15, 0.2) is 18.2 Å². The van der Waals surface area contributed by atoms with E-state index in [1.165, 1.54) is 0 Å². The molecule has 0 amide bonds. The third-order valence-electron chi connectivity index (χ3n) is 5.99. The first-order valence-electron chi connectivity index (χ1n) is 10.8. The van der Waals surface area contributed by atoms with Crippen molar-refractivity contribution in [1.82, 2.24) is 19.5 Å². The Morgan fingerprint density at radius 1 is 1.13 bits per heavy atom. The van der Waals surface area contributed by atoms with E-state index < -0.39 is 0 Å². The zero-order valence-corrected chi connectivity index (χ0v) is 18.4. The highest BCUT2D eigenvalue weighted by atomic mass is 16.5. The lowest BCUT2D eigenvalue weighted by Crippen LogP contribution is -2.33. The Kier molecular flexibility index (Phi) is 5.86. The zero-order valence-electron chi connectivity index (χ0n) is 18.4. The fourth-order valence-corrected chi connectivity index (χ4v) is 4.31. The van der Waals surface area contributed by atoms with Gasteiger partial charge in [-0.25, -0.2) is 4.98 Å². The smallest absolute Gasteiger partial charge is 0.226 e. The second-order valence-electron chi connectivity index (χ2n) is 8.56. The lowest BCUT2D eigenvalue weighted by molar-refractivity contribution is 0.410. The maximum atomic E-state index is 6.30. The topological polar surface area (TPSA) is 143 Å². The summed E-state index contributed by atoms with van der Waals surface area (Å²) in [4.78, 5) is 14.1. The molecule has 0 unspecified atom stereocenters. The summed E-state index contributed by atoms with van der Waals surface area (Å²) in [7, 11) is 1.61. The number of aromatic nitrogens is 4. The largest absolute Gasteiger partial charge is 0.495 e. The van der Waals surface area contributed by atoms with Crippen LogP contribution in [0.25, 0.3) is 11.2 Å². The molecule has 1 aliphatic carbocycles. The number of hydrogen-bond acceptors (Lipinski definition) is 8. The summed E-state index contributed by atoms with van der Waals surface area (Å²) < 4.78 is 7.47. The maximum absolute atomic E-state index is 6.30. The molecule has 1 aliphatic rings. The average molecular weight is 425 g/mol. The summed E-state index contributed by atoms with van der Waals surface area (Å²) in [5, 5.41) is 3.45. The van der Waals surface area contributed by atoms with E-state index in [2.05, 4.69) is 28.7 Å². The summed E-state index contributed by atoms with van der Waals surface area (Å²) >= 11 is 0. The van der Waals surface area contributed by atoms with Crippen LogP contribution >= 0.6 is 0 Å². The molecule has 1 fully saturated rings. The molecule has 0 saturated heterocycles. The van der Waals surface area contributed by atoms with Crippen molar-refractivity contribution in [3.8, 4) is 5.75 Å². The quantitative estimate of drug-likeness (QED) is 0.442. The van der Waals surface area contributed by atoms with E-state index in [1.807, 2.05) is 18.2 Å². The van der Waals surface area contributed by atoms with Gasteiger partial charge in [0.25, 0.3) is 0 Å². The molecule has 31 heavy (non-hydrogen) atoms. The number of nitrogen functional groups attached to an aromatic ring is 2. The minimum absolute atomic E-state index is 0.140. The van der Waals surface area contributed by atoms with Crippen molar-refractivity contribution >= 4 is 28.6 Å². The molecule has 166 valence electrons. The predicted octanol–water partition coefficient (Wildman–Crippen LogP) is 2.85. The lowest BCUT2D eigenvalue weighted by Gasteiger charge is -2.26. The van der Waals surface area contributed by atoms with E-state index >= 15 is 0 Å². The molecule has 0 radical (unpaired) electrons. The van der Waals surface area contributed by atoms with Crippen LogP contribution in [0, 0.1) is 0 Å². The van der Waals surface area contributed by atoms with Crippen molar-refractivity contribution in [3.63, 3.8) is 0 Å². The molecule has 2 heterocycles. The molecule has 0 spiro atoms. The number of para-hydroxylation sites is 1. The number of anilines is 3. The van der Waals surface area contributed by atoms with Crippen LogP contribution in [0.4, 0.5) is 17.5 Å². The fraction of sp³-hybridized carbons (Fsp3) is 0.500. The first-order chi connectivity index (χ1) is 14.9. The molecular weight excluding hydrogens is 392 g/mol. The minimum atomic E-state index is 0.140. The van der Waals surface area contributed by atoms with Gasteiger partial charge < -0.3 is 31.8 Å². The van der Waals surface area contributed by atoms with Crippen LogP contribution < -0.4 is 27.3 Å². The second-order valence-corrected chi connectivity index (χ2v) is 8.56. The number of imidazole rings is 1. The van der Waals surface area contributed by atoms with E-state index in [4.69, 9.17) is 31.9 Å². The normalized spacial score (nSPS) is 19.1. The van der Waals surface area contributed by atoms with Gasteiger partial charge in [-0.2, -0.15) is 9.97 Å². The molecule has 7 N–H and O–H groups in total. The van der Waals surface area contributed by atoms with Gasteiger partial charge in [0.2, 0.25) is 5.95 Å². The molecule has 0 aliphatic heterocycles. The van der Waals surface area contributed by atoms with Crippen molar-refractivity contribution in [2.45, 2.75) is 64.1 Å². The molecule has 2 aromatic heterocycles.